The van der Waals surface area contributed by atoms with Gasteiger partial charge >= 0.3 is 0 Å². The van der Waals surface area contributed by atoms with Crippen molar-refractivity contribution in [3.05, 3.63) is 53.1 Å². The van der Waals surface area contributed by atoms with E-state index >= 15 is 0 Å². The fourth-order valence-corrected chi connectivity index (χ4v) is 3.88. The van der Waals surface area contributed by atoms with Gasteiger partial charge in [0.05, 0.1) is 37.8 Å². The van der Waals surface area contributed by atoms with Gasteiger partial charge < -0.3 is 24.6 Å². The quantitative estimate of drug-likeness (QED) is 0.861. The number of carbonyl (C=O) groups excluding carboxylic acids is 1. The van der Waals surface area contributed by atoms with Crippen LogP contribution in [-0.4, -0.2) is 58.5 Å². The Bertz CT molecular complexity index is 872. The van der Waals surface area contributed by atoms with E-state index in [1.807, 2.05) is 38.1 Å². The maximum absolute atomic E-state index is 13.0. The first-order valence-corrected chi connectivity index (χ1v) is 10.3. The molecule has 2 aromatic rings. The summed E-state index contributed by atoms with van der Waals surface area (Å²) < 4.78 is 11.0. The molecular formula is C23H29N3O3. The van der Waals surface area contributed by atoms with Gasteiger partial charge in [-0.1, -0.05) is 17.7 Å². The zero-order valence-corrected chi connectivity index (χ0v) is 17.2. The zero-order valence-electron chi connectivity index (χ0n) is 17.2. The predicted octanol–water partition coefficient (Wildman–Crippen LogP) is 3.23. The lowest BCUT2D eigenvalue weighted by Crippen LogP contribution is -2.38. The third kappa shape index (κ3) is 4.54. The monoisotopic (exact) mass is 395 g/mol. The van der Waals surface area contributed by atoms with Gasteiger partial charge in [-0.3, -0.25) is 4.79 Å². The smallest absolute Gasteiger partial charge is 0.255 e. The normalized spacial score (nSPS) is 17.3. The van der Waals surface area contributed by atoms with Crippen LogP contribution in [0.3, 0.4) is 0 Å². The Hall–Kier alpha value is -2.57. The molecular weight excluding hydrogens is 366 g/mol. The third-order valence-electron chi connectivity index (χ3n) is 5.60. The van der Waals surface area contributed by atoms with Crippen LogP contribution in [0.15, 0.2) is 36.4 Å². The summed E-state index contributed by atoms with van der Waals surface area (Å²) in [6.45, 7) is 10.3. The number of nitrogens with zero attached hydrogens (tertiary/aromatic N) is 2. The molecule has 4 rings (SSSR count). The number of hydrogen-bond donors (Lipinski definition) is 1. The second-order valence-corrected chi connectivity index (χ2v) is 7.67. The summed E-state index contributed by atoms with van der Waals surface area (Å²) in [6, 6.07) is 12.3. The van der Waals surface area contributed by atoms with Crippen molar-refractivity contribution in [2.45, 2.75) is 13.8 Å². The fourth-order valence-electron chi connectivity index (χ4n) is 3.88. The number of ether oxygens (including phenoxy) is 2. The molecule has 0 bridgehead atoms. The highest BCUT2D eigenvalue weighted by atomic mass is 16.5. The van der Waals surface area contributed by atoms with Crippen molar-refractivity contribution in [2.24, 2.45) is 0 Å². The molecule has 0 aliphatic carbocycles. The lowest BCUT2D eigenvalue weighted by Gasteiger charge is -2.33. The minimum absolute atomic E-state index is 0.0696. The summed E-state index contributed by atoms with van der Waals surface area (Å²) in [5.74, 6) is -0.0696. The third-order valence-corrected chi connectivity index (χ3v) is 5.60. The van der Waals surface area contributed by atoms with E-state index < -0.39 is 0 Å². The van der Waals surface area contributed by atoms with E-state index in [-0.39, 0.29) is 5.91 Å². The number of rotatable bonds is 4. The average Bonchev–Trinajstić information content (AvgIpc) is 2.77. The molecule has 29 heavy (non-hydrogen) atoms. The Morgan fingerprint density at radius 2 is 1.52 bits per heavy atom. The van der Waals surface area contributed by atoms with E-state index in [0.29, 0.717) is 13.2 Å². The van der Waals surface area contributed by atoms with Crippen LogP contribution in [0.2, 0.25) is 0 Å². The summed E-state index contributed by atoms with van der Waals surface area (Å²) in [6.07, 6.45) is 0. The molecule has 0 spiro atoms. The molecule has 1 N–H and O–H groups in total. The Labute approximate surface area is 172 Å². The summed E-state index contributed by atoms with van der Waals surface area (Å²) in [5.41, 5.74) is 5.84. The second kappa shape index (κ2) is 8.84. The molecule has 0 aromatic heterocycles. The van der Waals surface area contributed by atoms with Crippen molar-refractivity contribution in [1.82, 2.24) is 0 Å². The molecule has 0 atom stereocenters. The van der Waals surface area contributed by atoms with Crippen LogP contribution in [0.25, 0.3) is 0 Å². The first-order valence-electron chi connectivity index (χ1n) is 10.3. The van der Waals surface area contributed by atoms with Crippen molar-refractivity contribution in [3.63, 3.8) is 0 Å². The Kier molecular flexibility index (Phi) is 6.02. The number of carbonyl (C=O) groups is 1. The molecule has 2 aliphatic rings. The summed E-state index contributed by atoms with van der Waals surface area (Å²) in [4.78, 5) is 17.7. The number of anilines is 3. The van der Waals surface area contributed by atoms with E-state index in [2.05, 4.69) is 27.2 Å². The van der Waals surface area contributed by atoms with E-state index in [4.69, 9.17) is 9.47 Å². The molecule has 1 amide bonds. The number of benzene rings is 2. The Balaban J connectivity index is 1.64. The van der Waals surface area contributed by atoms with Crippen molar-refractivity contribution in [2.75, 3.05) is 67.7 Å². The van der Waals surface area contributed by atoms with E-state index in [9.17, 15) is 4.79 Å². The lowest BCUT2D eigenvalue weighted by molar-refractivity contribution is 0.102. The van der Waals surface area contributed by atoms with E-state index in [1.165, 1.54) is 5.69 Å². The topological polar surface area (TPSA) is 54.0 Å². The standard InChI is InChI=1S/C23H29N3O3/c1-17-3-4-18(2)20(15-17)23(27)24-21-6-5-19(25-7-11-28-12-8-25)16-22(21)26-9-13-29-14-10-26/h3-6,15-16H,7-14H2,1-2H3,(H,24,27). The van der Waals surface area contributed by atoms with Gasteiger partial charge in [0.15, 0.2) is 0 Å². The minimum atomic E-state index is -0.0696. The molecule has 2 heterocycles. The minimum Gasteiger partial charge on any atom is -0.378 e. The lowest BCUT2D eigenvalue weighted by atomic mass is 10.0. The highest BCUT2D eigenvalue weighted by Crippen LogP contribution is 2.32. The number of aryl methyl sites for hydroxylation is 2. The average molecular weight is 396 g/mol. The summed E-state index contributed by atoms with van der Waals surface area (Å²) in [7, 11) is 0. The highest BCUT2D eigenvalue weighted by Gasteiger charge is 2.20. The predicted molar refractivity (Wildman–Crippen MR) is 116 cm³/mol. The number of morpholine rings is 2. The highest BCUT2D eigenvalue weighted by molar-refractivity contribution is 6.07. The number of amides is 1. The number of nitrogens with one attached hydrogen (secondary N) is 1. The first kappa shape index (κ1) is 19.7. The Morgan fingerprint density at radius 1 is 0.862 bits per heavy atom. The molecule has 154 valence electrons. The van der Waals surface area contributed by atoms with Crippen molar-refractivity contribution >= 4 is 23.0 Å². The molecule has 2 fully saturated rings. The van der Waals surface area contributed by atoms with Crippen molar-refractivity contribution < 1.29 is 14.3 Å². The second-order valence-electron chi connectivity index (χ2n) is 7.67. The molecule has 0 saturated carbocycles. The van der Waals surface area contributed by atoms with Crippen LogP contribution in [0.1, 0.15) is 21.5 Å². The molecule has 0 radical (unpaired) electrons. The first-order chi connectivity index (χ1) is 14.1. The van der Waals surface area contributed by atoms with Crippen LogP contribution < -0.4 is 15.1 Å². The van der Waals surface area contributed by atoms with Gasteiger partial charge in [0.25, 0.3) is 5.91 Å². The summed E-state index contributed by atoms with van der Waals surface area (Å²) in [5, 5.41) is 3.16. The Morgan fingerprint density at radius 3 is 2.21 bits per heavy atom. The van der Waals surface area contributed by atoms with Crippen LogP contribution >= 0.6 is 0 Å². The van der Waals surface area contributed by atoms with Gasteiger partial charge in [0.2, 0.25) is 0 Å². The van der Waals surface area contributed by atoms with Gasteiger partial charge in [-0.15, -0.1) is 0 Å². The van der Waals surface area contributed by atoms with Crippen LogP contribution in [-0.2, 0) is 9.47 Å². The van der Waals surface area contributed by atoms with Crippen molar-refractivity contribution in [3.8, 4) is 0 Å². The fraction of sp³-hybridized carbons (Fsp3) is 0.435. The summed E-state index contributed by atoms with van der Waals surface area (Å²) >= 11 is 0. The van der Waals surface area contributed by atoms with Gasteiger partial charge in [0.1, 0.15) is 0 Å². The SMILES string of the molecule is Cc1ccc(C)c(C(=O)Nc2ccc(N3CCOCC3)cc2N2CCOCC2)c1. The molecule has 2 aliphatic heterocycles. The zero-order chi connectivity index (χ0) is 20.2. The molecule has 2 saturated heterocycles. The molecule has 2 aromatic carbocycles. The van der Waals surface area contributed by atoms with Gasteiger partial charge in [-0.2, -0.15) is 0 Å². The number of hydrogen-bond acceptors (Lipinski definition) is 5. The van der Waals surface area contributed by atoms with Gasteiger partial charge in [-0.25, -0.2) is 0 Å². The molecule has 6 heteroatoms. The maximum Gasteiger partial charge on any atom is 0.255 e. The van der Waals surface area contributed by atoms with Crippen molar-refractivity contribution in [1.29, 1.82) is 0 Å². The molecule has 0 unspecified atom stereocenters. The van der Waals surface area contributed by atoms with Crippen LogP contribution in [0.5, 0.6) is 0 Å². The van der Waals surface area contributed by atoms with Gasteiger partial charge in [-0.05, 0) is 43.7 Å². The molecule has 6 nitrogen and oxygen atoms in total. The van der Waals surface area contributed by atoms with E-state index in [0.717, 1.165) is 67.5 Å². The maximum atomic E-state index is 13.0. The largest absolute Gasteiger partial charge is 0.378 e. The van der Waals surface area contributed by atoms with Crippen LogP contribution in [0.4, 0.5) is 17.1 Å². The van der Waals surface area contributed by atoms with E-state index in [1.54, 1.807) is 0 Å². The van der Waals surface area contributed by atoms with Crippen LogP contribution in [0, 0.1) is 13.8 Å². The van der Waals surface area contributed by atoms with Gasteiger partial charge in [0, 0.05) is 37.4 Å².